The Morgan fingerprint density at radius 3 is 2.30 bits per heavy atom. The van der Waals surface area contributed by atoms with Crippen molar-refractivity contribution in [1.82, 2.24) is 4.90 Å². The standard InChI is InChI=1S/C19H27NO6S/c1-5-20(16-10-11-27(23,24)12-16)18(21)14(4)26-19(22)15-6-8-17(9-7-15)25-13(2)3/h6-9,13-14,16H,5,10-12H2,1-4H3/t14-,16-/m0/s1. The van der Waals surface area contributed by atoms with Gasteiger partial charge in [0.15, 0.2) is 15.9 Å². The molecule has 1 heterocycles. The molecule has 1 saturated heterocycles. The van der Waals surface area contributed by atoms with E-state index in [1.165, 1.54) is 11.8 Å². The minimum Gasteiger partial charge on any atom is -0.491 e. The van der Waals surface area contributed by atoms with Crippen LogP contribution in [0, 0.1) is 0 Å². The maximum atomic E-state index is 12.6. The van der Waals surface area contributed by atoms with Crippen molar-refractivity contribution in [2.75, 3.05) is 18.1 Å². The van der Waals surface area contributed by atoms with E-state index in [-0.39, 0.29) is 29.6 Å². The van der Waals surface area contributed by atoms with Crippen molar-refractivity contribution in [3.05, 3.63) is 29.8 Å². The van der Waals surface area contributed by atoms with Gasteiger partial charge < -0.3 is 14.4 Å². The number of sulfone groups is 1. The fourth-order valence-corrected chi connectivity index (χ4v) is 4.80. The third-order valence-corrected chi connectivity index (χ3v) is 6.12. The summed E-state index contributed by atoms with van der Waals surface area (Å²) in [5.41, 5.74) is 0.317. The zero-order valence-corrected chi connectivity index (χ0v) is 17.0. The summed E-state index contributed by atoms with van der Waals surface area (Å²) in [4.78, 5) is 26.4. The van der Waals surface area contributed by atoms with Crippen LogP contribution in [0.4, 0.5) is 0 Å². The average molecular weight is 397 g/mol. The normalized spacial score (nSPS) is 19.5. The van der Waals surface area contributed by atoms with Gasteiger partial charge >= 0.3 is 5.97 Å². The topological polar surface area (TPSA) is 90.0 Å². The second-order valence-corrected chi connectivity index (χ2v) is 9.15. The first-order valence-electron chi connectivity index (χ1n) is 9.11. The number of amides is 1. The number of nitrogens with zero attached hydrogens (tertiary/aromatic N) is 1. The van der Waals surface area contributed by atoms with Gasteiger partial charge in [-0.05, 0) is 58.4 Å². The molecule has 0 saturated carbocycles. The zero-order valence-electron chi connectivity index (χ0n) is 16.2. The summed E-state index contributed by atoms with van der Waals surface area (Å²) in [5.74, 6) is -0.301. The summed E-state index contributed by atoms with van der Waals surface area (Å²) in [6.45, 7) is 7.46. The molecular formula is C19H27NO6S. The second kappa shape index (κ2) is 8.73. The number of hydrogen-bond donors (Lipinski definition) is 0. The molecule has 8 heteroatoms. The van der Waals surface area contributed by atoms with E-state index >= 15 is 0 Å². The lowest BCUT2D eigenvalue weighted by molar-refractivity contribution is -0.141. The van der Waals surface area contributed by atoms with Crippen LogP contribution in [0.15, 0.2) is 24.3 Å². The van der Waals surface area contributed by atoms with Crippen LogP contribution in [0.3, 0.4) is 0 Å². The fourth-order valence-electron chi connectivity index (χ4n) is 3.07. The van der Waals surface area contributed by atoms with Gasteiger partial charge in [0.2, 0.25) is 0 Å². The Labute approximate surface area is 160 Å². The van der Waals surface area contributed by atoms with Crippen LogP contribution in [-0.2, 0) is 19.4 Å². The molecule has 0 bridgehead atoms. The molecule has 1 aliphatic heterocycles. The van der Waals surface area contributed by atoms with Crippen molar-refractivity contribution in [2.24, 2.45) is 0 Å². The molecule has 0 aromatic heterocycles. The monoisotopic (exact) mass is 397 g/mol. The van der Waals surface area contributed by atoms with E-state index in [1.807, 2.05) is 13.8 Å². The van der Waals surface area contributed by atoms with Crippen molar-refractivity contribution in [3.8, 4) is 5.75 Å². The maximum Gasteiger partial charge on any atom is 0.338 e. The van der Waals surface area contributed by atoms with E-state index in [9.17, 15) is 18.0 Å². The van der Waals surface area contributed by atoms with Crippen molar-refractivity contribution in [2.45, 2.75) is 52.4 Å². The van der Waals surface area contributed by atoms with Crippen LogP contribution in [0.5, 0.6) is 5.75 Å². The third-order valence-electron chi connectivity index (χ3n) is 4.37. The summed E-state index contributed by atoms with van der Waals surface area (Å²) in [6, 6.07) is 6.15. The first-order chi connectivity index (χ1) is 12.6. The van der Waals surface area contributed by atoms with E-state index in [4.69, 9.17) is 9.47 Å². The van der Waals surface area contributed by atoms with Crippen molar-refractivity contribution in [1.29, 1.82) is 0 Å². The molecule has 0 spiro atoms. The molecule has 1 aromatic carbocycles. The van der Waals surface area contributed by atoms with Gasteiger partial charge in [0.05, 0.1) is 23.2 Å². The largest absolute Gasteiger partial charge is 0.491 e. The number of carbonyl (C=O) groups excluding carboxylic acids is 2. The first kappa shape index (κ1) is 21.2. The first-order valence-corrected chi connectivity index (χ1v) is 10.9. The number of ether oxygens (including phenoxy) is 2. The molecule has 1 amide bonds. The van der Waals surface area contributed by atoms with Crippen molar-refractivity contribution < 1.29 is 27.5 Å². The molecule has 0 aliphatic carbocycles. The highest BCUT2D eigenvalue weighted by Crippen LogP contribution is 2.20. The average Bonchev–Trinajstić information content (AvgIpc) is 2.95. The highest BCUT2D eigenvalue weighted by Gasteiger charge is 2.36. The molecule has 2 atom stereocenters. The molecule has 27 heavy (non-hydrogen) atoms. The summed E-state index contributed by atoms with van der Waals surface area (Å²) in [5, 5.41) is 0. The lowest BCUT2D eigenvalue weighted by atomic mass is 10.2. The van der Waals surface area contributed by atoms with E-state index in [0.29, 0.717) is 24.3 Å². The van der Waals surface area contributed by atoms with Gasteiger partial charge in [-0.15, -0.1) is 0 Å². The van der Waals surface area contributed by atoms with Crippen LogP contribution in [-0.4, -0.2) is 61.5 Å². The van der Waals surface area contributed by atoms with Crippen LogP contribution in [0.1, 0.15) is 44.5 Å². The molecule has 7 nitrogen and oxygen atoms in total. The Kier molecular flexibility index (Phi) is 6.86. The van der Waals surface area contributed by atoms with E-state index in [0.717, 1.165) is 0 Å². The van der Waals surface area contributed by atoms with E-state index < -0.39 is 21.9 Å². The van der Waals surface area contributed by atoms with E-state index in [1.54, 1.807) is 31.2 Å². The zero-order chi connectivity index (χ0) is 20.2. The molecule has 1 aliphatic rings. The molecule has 150 valence electrons. The summed E-state index contributed by atoms with van der Waals surface area (Å²) < 4.78 is 34.2. The number of benzene rings is 1. The molecule has 1 fully saturated rings. The fraction of sp³-hybridized carbons (Fsp3) is 0.579. The predicted molar refractivity (Wildman–Crippen MR) is 102 cm³/mol. The summed E-state index contributed by atoms with van der Waals surface area (Å²) >= 11 is 0. The van der Waals surface area contributed by atoms with Crippen LogP contribution < -0.4 is 4.74 Å². The Balaban J connectivity index is 1.99. The summed E-state index contributed by atoms with van der Waals surface area (Å²) in [7, 11) is -3.10. The van der Waals surface area contributed by atoms with Gasteiger partial charge in [-0.2, -0.15) is 0 Å². The maximum absolute atomic E-state index is 12.6. The van der Waals surface area contributed by atoms with Gasteiger partial charge in [0.1, 0.15) is 5.75 Å². The molecule has 2 rings (SSSR count). The number of carbonyl (C=O) groups is 2. The van der Waals surface area contributed by atoms with Crippen LogP contribution in [0.25, 0.3) is 0 Å². The lowest BCUT2D eigenvalue weighted by Gasteiger charge is -2.29. The number of likely N-dealkylation sites (N-methyl/N-ethyl adjacent to an activating group) is 1. The Hall–Kier alpha value is -2.09. The van der Waals surface area contributed by atoms with Crippen LogP contribution in [0.2, 0.25) is 0 Å². The van der Waals surface area contributed by atoms with Crippen molar-refractivity contribution >= 4 is 21.7 Å². The Morgan fingerprint density at radius 2 is 1.81 bits per heavy atom. The van der Waals surface area contributed by atoms with Crippen molar-refractivity contribution in [3.63, 3.8) is 0 Å². The number of hydrogen-bond acceptors (Lipinski definition) is 6. The smallest absolute Gasteiger partial charge is 0.338 e. The van der Waals surface area contributed by atoms with E-state index in [2.05, 4.69) is 0 Å². The van der Waals surface area contributed by atoms with Gasteiger partial charge in [0.25, 0.3) is 5.91 Å². The highest BCUT2D eigenvalue weighted by atomic mass is 32.2. The minimum atomic E-state index is -3.10. The molecule has 1 aromatic rings. The number of esters is 1. The molecule has 0 unspecified atom stereocenters. The summed E-state index contributed by atoms with van der Waals surface area (Å²) in [6.07, 6.45) is -0.549. The SMILES string of the molecule is CCN(C(=O)[C@H](C)OC(=O)c1ccc(OC(C)C)cc1)[C@H]1CCS(=O)(=O)C1. The lowest BCUT2D eigenvalue weighted by Crippen LogP contribution is -2.46. The highest BCUT2D eigenvalue weighted by molar-refractivity contribution is 7.91. The molecule has 0 radical (unpaired) electrons. The van der Waals surface area contributed by atoms with Gasteiger partial charge in [-0.1, -0.05) is 0 Å². The van der Waals surface area contributed by atoms with Gasteiger partial charge in [-0.3, -0.25) is 4.79 Å². The second-order valence-electron chi connectivity index (χ2n) is 6.92. The third kappa shape index (κ3) is 5.69. The predicted octanol–water partition coefficient (Wildman–Crippen LogP) is 2.05. The minimum absolute atomic E-state index is 0.0277. The van der Waals surface area contributed by atoms with Gasteiger partial charge in [-0.25, -0.2) is 13.2 Å². The Morgan fingerprint density at radius 1 is 1.19 bits per heavy atom. The Bertz CT molecular complexity index is 772. The molecular weight excluding hydrogens is 370 g/mol. The quantitative estimate of drug-likeness (QED) is 0.654. The van der Waals surface area contributed by atoms with Gasteiger partial charge in [0, 0.05) is 12.6 Å². The van der Waals surface area contributed by atoms with Crippen LogP contribution >= 0.6 is 0 Å². The molecule has 0 N–H and O–H groups in total. The number of rotatable bonds is 7.